The molecule has 1 aromatic carbocycles. The van der Waals surface area contributed by atoms with Gasteiger partial charge in [0.15, 0.2) is 0 Å². The molecule has 1 aliphatic rings. The number of anilines is 2. The molecule has 1 saturated carbocycles. The first-order chi connectivity index (χ1) is 15.9. The van der Waals surface area contributed by atoms with Crippen molar-refractivity contribution < 1.29 is 9.18 Å². The van der Waals surface area contributed by atoms with E-state index < -0.39 is 0 Å². The van der Waals surface area contributed by atoms with E-state index in [-0.39, 0.29) is 23.8 Å². The molecule has 4 rings (SSSR count). The van der Waals surface area contributed by atoms with Crippen molar-refractivity contribution in [3.8, 4) is 11.3 Å². The first-order valence-corrected chi connectivity index (χ1v) is 11.2. The van der Waals surface area contributed by atoms with Crippen molar-refractivity contribution in [3.63, 3.8) is 0 Å². The minimum atomic E-state index is -0.319. The molecule has 8 heteroatoms. The van der Waals surface area contributed by atoms with Gasteiger partial charge in [0.25, 0.3) is 5.91 Å². The molecule has 0 saturated heterocycles. The van der Waals surface area contributed by atoms with Crippen LogP contribution in [0.3, 0.4) is 0 Å². The Morgan fingerprint density at radius 1 is 1.03 bits per heavy atom. The molecule has 0 spiro atoms. The fraction of sp³-hybridized carbons (Fsp3) is 0.360. The van der Waals surface area contributed by atoms with Crippen LogP contribution in [0.1, 0.15) is 41.6 Å². The third-order valence-corrected chi connectivity index (χ3v) is 5.93. The highest BCUT2D eigenvalue weighted by atomic mass is 19.1. The predicted molar refractivity (Wildman–Crippen MR) is 128 cm³/mol. The molecule has 2 heterocycles. The Balaban J connectivity index is 1.36. The zero-order valence-electron chi connectivity index (χ0n) is 19.2. The molecule has 0 atom stereocenters. The van der Waals surface area contributed by atoms with E-state index in [0.717, 1.165) is 37.1 Å². The zero-order chi connectivity index (χ0) is 23.4. The van der Waals surface area contributed by atoms with Gasteiger partial charge in [0, 0.05) is 49.7 Å². The lowest BCUT2D eigenvalue weighted by Gasteiger charge is -2.30. The number of hydrogen-bond acceptors (Lipinski definition) is 6. The Kier molecular flexibility index (Phi) is 6.82. The Morgan fingerprint density at radius 2 is 1.73 bits per heavy atom. The molecule has 1 aliphatic carbocycles. The molecule has 172 valence electrons. The second-order valence-corrected chi connectivity index (χ2v) is 8.67. The van der Waals surface area contributed by atoms with Crippen LogP contribution in [0.15, 0.2) is 48.8 Å². The van der Waals surface area contributed by atoms with Crippen LogP contribution in [-0.2, 0) is 0 Å². The van der Waals surface area contributed by atoms with Crippen LogP contribution < -0.4 is 15.5 Å². The second-order valence-electron chi connectivity index (χ2n) is 8.67. The molecule has 0 aliphatic heterocycles. The van der Waals surface area contributed by atoms with E-state index in [1.54, 1.807) is 30.5 Å². The van der Waals surface area contributed by atoms with Crippen LogP contribution in [0.2, 0.25) is 0 Å². The number of rotatable bonds is 6. The summed E-state index contributed by atoms with van der Waals surface area (Å²) in [5, 5.41) is 6.60. The summed E-state index contributed by atoms with van der Waals surface area (Å²) in [4.78, 5) is 28.4. The number of nitrogens with zero attached hydrogens (tertiary/aromatic N) is 4. The number of aryl methyl sites for hydroxylation is 1. The smallest absolute Gasteiger partial charge is 0.253 e. The molecular weight excluding hydrogens is 419 g/mol. The molecule has 1 amide bonds. The highest BCUT2D eigenvalue weighted by molar-refractivity contribution is 6.00. The zero-order valence-corrected chi connectivity index (χ0v) is 19.2. The average molecular weight is 449 g/mol. The summed E-state index contributed by atoms with van der Waals surface area (Å²) in [6.07, 6.45) is 7.03. The van der Waals surface area contributed by atoms with Crippen molar-refractivity contribution in [2.24, 2.45) is 0 Å². The lowest BCUT2D eigenvalue weighted by Crippen LogP contribution is -2.40. The molecule has 2 N–H and O–H groups in total. The van der Waals surface area contributed by atoms with E-state index in [9.17, 15) is 9.18 Å². The van der Waals surface area contributed by atoms with Crippen molar-refractivity contribution in [2.75, 3.05) is 24.3 Å². The van der Waals surface area contributed by atoms with E-state index in [1.807, 2.05) is 32.1 Å². The molecule has 33 heavy (non-hydrogen) atoms. The summed E-state index contributed by atoms with van der Waals surface area (Å²) in [5.74, 6) is 1.06. The van der Waals surface area contributed by atoms with Gasteiger partial charge in [-0.15, -0.1) is 0 Å². The van der Waals surface area contributed by atoms with Crippen LogP contribution in [0.4, 0.5) is 16.2 Å². The molecular formula is C25H29FN6O. The monoisotopic (exact) mass is 448 g/mol. The van der Waals surface area contributed by atoms with Crippen molar-refractivity contribution in [1.82, 2.24) is 20.3 Å². The maximum atomic E-state index is 13.3. The van der Waals surface area contributed by atoms with E-state index in [0.29, 0.717) is 22.8 Å². The summed E-state index contributed by atoms with van der Waals surface area (Å²) >= 11 is 0. The van der Waals surface area contributed by atoms with Crippen molar-refractivity contribution in [2.45, 2.75) is 44.7 Å². The van der Waals surface area contributed by atoms with Crippen LogP contribution in [0.25, 0.3) is 11.3 Å². The van der Waals surface area contributed by atoms with Crippen LogP contribution >= 0.6 is 0 Å². The van der Waals surface area contributed by atoms with Gasteiger partial charge in [-0.25, -0.2) is 9.37 Å². The van der Waals surface area contributed by atoms with Gasteiger partial charge < -0.3 is 15.5 Å². The maximum Gasteiger partial charge on any atom is 0.253 e. The minimum Gasteiger partial charge on any atom is -0.362 e. The summed E-state index contributed by atoms with van der Waals surface area (Å²) in [5.41, 5.74) is 2.80. The summed E-state index contributed by atoms with van der Waals surface area (Å²) < 4.78 is 13.3. The Bertz CT molecular complexity index is 1110. The van der Waals surface area contributed by atoms with Gasteiger partial charge in [0.2, 0.25) is 5.95 Å². The quantitative estimate of drug-likeness (QED) is 0.588. The Hall–Kier alpha value is -3.55. The van der Waals surface area contributed by atoms with Crippen molar-refractivity contribution in [3.05, 3.63) is 65.7 Å². The highest BCUT2D eigenvalue weighted by Crippen LogP contribution is 2.25. The molecule has 0 bridgehead atoms. The first-order valence-electron chi connectivity index (χ1n) is 11.2. The fourth-order valence-corrected chi connectivity index (χ4v) is 4.21. The molecule has 0 radical (unpaired) electrons. The largest absolute Gasteiger partial charge is 0.362 e. The van der Waals surface area contributed by atoms with E-state index in [4.69, 9.17) is 0 Å². The van der Waals surface area contributed by atoms with Gasteiger partial charge in [0.1, 0.15) is 11.6 Å². The molecule has 2 aromatic heterocycles. The SMILES string of the molecule is Cc1cnc(NC2CCC(NC(=O)c3cccnc3-c3ccc(F)cc3)CC2)nc1N(C)C. The number of hydrogen-bond donors (Lipinski definition) is 2. The number of amides is 1. The highest BCUT2D eigenvalue weighted by Gasteiger charge is 2.24. The van der Waals surface area contributed by atoms with Gasteiger partial charge in [-0.3, -0.25) is 9.78 Å². The van der Waals surface area contributed by atoms with Crippen molar-refractivity contribution in [1.29, 1.82) is 0 Å². The van der Waals surface area contributed by atoms with Gasteiger partial charge in [-0.1, -0.05) is 0 Å². The number of carbonyl (C=O) groups is 1. The van der Waals surface area contributed by atoms with Crippen LogP contribution in [-0.4, -0.2) is 47.0 Å². The Morgan fingerprint density at radius 3 is 2.42 bits per heavy atom. The van der Waals surface area contributed by atoms with E-state index >= 15 is 0 Å². The number of aromatic nitrogens is 3. The Labute approximate surface area is 193 Å². The molecule has 1 fully saturated rings. The molecule has 3 aromatic rings. The fourth-order valence-electron chi connectivity index (χ4n) is 4.21. The number of carbonyl (C=O) groups excluding carboxylic acids is 1. The first kappa shape index (κ1) is 22.6. The van der Waals surface area contributed by atoms with Gasteiger partial charge in [-0.2, -0.15) is 4.98 Å². The standard InChI is InChI=1S/C25H29FN6O/c1-16-15-28-25(31-23(16)32(2)3)30-20-12-10-19(11-13-20)29-24(33)21-5-4-14-27-22(21)17-6-8-18(26)9-7-17/h4-9,14-15,19-20H,10-13H2,1-3H3,(H,29,33)(H,28,30,31). The summed E-state index contributed by atoms with van der Waals surface area (Å²) in [6, 6.07) is 9.88. The normalized spacial score (nSPS) is 17.9. The minimum absolute atomic E-state index is 0.0908. The average Bonchev–Trinajstić information content (AvgIpc) is 2.82. The van der Waals surface area contributed by atoms with E-state index in [1.165, 1.54) is 12.1 Å². The number of halogens is 1. The maximum absolute atomic E-state index is 13.3. The summed E-state index contributed by atoms with van der Waals surface area (Å²) in [7, 11) is 3.94. The van der Waals surface area contributed by atoms with Gasteiger partial charge in [-0.05, 0) is 69.0 Å². The number of nitrogens with one attached hydrogen (secondary N) is 2. The topological polar surface area (TPSA) is 83.0 Å². The third kappa shape index (κ3) is 5.45. The van der Waals surface area contributed by atoms with Gasteiger partial charge >= 0.3 is 0 Å². The third-order valence-electron chi connectivity index (χ3n) is 5.93. The van der Waals surface area contributed by atoms with E-state index in [2.05, 4.69) is 25.6 Å². The van der Waals surface area contributed by atoms with Crippen LogP contribution in [0, 0.1) is 12.7 Å². The second kappa shape index (κ2) is 9.94. The van der Waals surface area contributed by atoms with Crippen LogP contribution in [0.5, 0.6) is 0 Å². The number of benzene rings is 1. The van der Waals surface area contributed by atoms with Crippen molar-refractivity contribution >= 4 is 17.7 Å². The number of pyridine rings is 1. The molecule has 7 nitrogen and oxygen atoms in total. The molecule has 0 unspecified atom stereocenters. The lowest BCUT2D eigenvalue weighted by atomic mass is 9.91. The lowest BCUT2D eigenvalue weighted by molar-refractivity contribution is 0.0927. The summed E-state index contributed by atoms with van der Waals surface area (Å²) in [6.45, 7) is 2.00. The predicted octanol–water partition coefficient (Wildman–Crippen LogP) is 4.21. The van der Waals surface area contributed by atoms with Gasteiger partial charge in [0.05, 0.1) is 11.3 Å².